The zero-order chi connectivity index (χ0) is 22.7. The maximum atomic E-state index is 10.7. The van der Waals surface area contributed by atoms with Gasteiger partial charge in [-0.15, -0.1) is 5.11 Å². The monoisotopic (exact) mass is 434 g/mol. The molecule has 2 N–H and O–H groups in total. The van der Waals surface area contributed by atoms with Crippen LogP contribution in [0.15, 0.2) is 64.8 Å². The number of hydrogen-bond donors (Lipinski definition) is 2. The number of carboxylic acids is 1. The number of non-ortho nitro benzene ring substituents is 1. The molecule has 0 unspecified atom stereocenters. The van der Waals surface area contributed by atoms with Crippen molar-refractivity contribution in [2.24, 2.45) is 10.2 Å². The number of azo groups is 1. The third-order valence-corrected chi connectivity index (χ3v) is 4.05. The van der Waals surface area contributed by atoms with Crippen molar-refractivity contribution in [1.29, 1.82) is 0 Å². The van der Waals surface area contributed by atoms with Crippen molar-refractivity contribution >= 4 is 40.3 Å². The largest absolute Gasteiger partial charge is 0.478 e. The van der Waals surface area contributed by atoms with Crippen LogP contribution in [-0.4, -0.2) is 40.8 Å². The molecule has 0 fully saturated rings. The molecule has 0 radical (unpaired) electrons. The Kier molecular flexibility index (Phi) is 10.1. The molecule has 0 aliphatic heterocycles. The number of carboxylic acid groups (broad SMARTS) is 1. The van der Waals surface area contributed by atoms with E-state index in [-0.39, 0.29) is 22.9 Å². The molecule has 10 heteroatoms. The van der Waals surface area contributed by atoms with Crippen molar-refractivity contribution < 1.29 is 19.9 Å². The summed E-state index contributed by atoms with van der Waals surface area (Å²) in [6, 6.07) is 11.4. The predicted octanol–water partition coefficient (Wildman–Crippen LogP) is 5.13. The minimum Gasteiger partial charge on any atom is -0.478 e. The van der Waals surface area contributed by atoms with Crippen LogP contribution in [0.4, 0.5) is 22.7 Å². The number of nitrogens with zero attached hydrogens (tertiary/aromatic N) is 4. The third kappa shape index (κ3) is 7.98. The molecule has 2 rings (SSSR count). The van der Waals surface area contributed by atoms with Gasteiger partial charge in [-0.1, -0.05) is 18.2 Å². The van der Waals surface area contributed by atoms with Gasteiger partial charge in [0.1, 0.15) is 5.69 Å². The van der Waals surface area contributed by atoms with Gasteiger partial charge in [0.25, 0.3) is 5.69 Å². The molecule has 0 aliphatic rings. The van der Waals surface area contributed by atoms with Gasteiger partial charge in [-0.3, -0.25) is 10.1 Å². The van der Waals surface area contributed by atoms with Gasteiger partial charge < -0.3 is 15.1 Å². The van der Waals surface area contributed by atoms with E-state index < -0.39 is 10.9 Å². The first-order chi connectivity index (χ1) is 14.2. The molecule has 0 bridgehead atoms. The summed E-state index contributed by atoms with van der Waals surface area (Å²) in [6.07, 6.45) is 0. The maximum absolute atomic E-state index is 10.7. The van der Waals surface area contributed by atoms with Crippen LogP contribution in [0.1, 0.15) is 13.8 Å². The zero-order valence-electron chi connectivity index (χ0n) is 16.7. The minimum absolute atomic E-state index is 0.0909. The molecule has 0 saturated carbocycles. The molecule has 0 atom stereocenters. The molecule has 0 aromatic heterocycles. The summed E-state index contributed by atoms with van der Waals surface area (Å²) in [5, 5.41) is 35.9. The fourth-order valence-electron chi connectivity index (χ4n) is 2.12. The lowest BCUT2D eigenvalue weighted by atomic mass is 10.2. The number of aliphatic hydroxyl groups excluding tert-OH is 1. The summed E-state index contributed by atoms with van der Waals surface area (Å²) in [5.74, 6) is -0.935. The first kappa shape index (κ1) is 24.7. The van der Waals surface area contributed by atoms with Gasteiger partial charge in [0.15, 0.2) is 0 Å². The summed E-state index contributed by atoms with van der Waals surface area (Å²) >= 11 is 5.97. The van der Waals surface area contributed by atoms with E-state index in [0.717, 1.165) is 12.2 Å². The van der Waals surface area contributed by atoms with E-state index in [0.29, 0.717) is 17.9 Å². The Morgan fingerprint density at radius 2 is 1.83 bits per heavy atom. The van der Waals surface area contributed by atoms with E-state index in [9.17, 15) is 14.9 Å². The van der Waals surface area contributed by atoms with Crippen LogP contribution in [0.25, 0.3) is 0 Å². The van der Waals surface area contributed by atoms with Crippen LogP contribution in [0.2, 0.25) is 5.02 Å². The van der Waals surface area contributed by atoms with Gasteiger partial charge in [-0.25, -0.2) is 4.79 Å². The Morgan fingerprint density at radius 1 is 1.23 bits per heavy atom. The minimum atomic E-state index is -0.935. The number of benzene rings is 2. The first-order valence-electron chi connectivity index (χ1n) is 8.90. The van der Waals surface area contributed by atoms with Crippen LogP contribution in [0, 0.1) is 10.1 Å². The van der Waals surface area contributed by atoms with Crippen LogP contribution < -0.4 is 4.90 Å². The summed E-state index contributed by atoms with van der Waals surface area (Å²) in [6.45, 7) is 8.06. The van der Waals surface area contributed by atoms with Crippen molar-refractivity contribution in [3.63, 3.8) is 0 Å². The number of nitro benzene ring substituents is 1. The summed E-state index contributed by atoms with van der Waals surface area (Å²) in [4.78, 5) is 21.8. The number of aliphatic hydroxyl groups is 1. The molecule has 30 heavy (non-hydrogen) atoms. The molecule has 0 saturated heterocycles. The smallest absolute Gasteiger partial charge is 0.330 e. The molecular formula is C20H23ClN4O5. The number of likely N-dealkylation sites (N-methyl/N-ethyl adjacent to an activating group) is 1. The van der Waals surface area contributed by atoms with E-state index in [1.807, 2.05) is 24.0 Å². The lowest BCUT2D eigenvalue weighted by Crippen LogP contribution is -2.25. The summed E-state index contributed by atoms with van der Waals surface area (Å²) < 4.78 is 0. The van der Waals surface area contributed by atoms with E-state index in [4.69, 9.17) is 21.8 Å². The average molecular weight is 435 g/mol. The van der Waals surface area contributed by atoms with Gasteiger partial charge in [-0.05, 0) is 44.2 Å². The highest BCUT2D eigenvalue weighted by molar-refractivity contribution is 6.33. The fourth-order valence-corrected chi connectivity index (χ4v) is 2.34. The first-order valence-corrected chi connectivity index (χ1v) is 9.27. The Bertz CT molecular complexity index is 904. The highest BCUT2D eigenvalue weighted by Crippen LogP contribution is 2.30. The van der Waals surface area contributed by atoms with Crippen molar-refractivity contribution in [3.05, 3.63) is 69.8 Å². The van der Waals surface area contributed by atoms with E-state index >= 15 is 0 Å². The fraction of sp³-hybridized carbons (Fsp3) is 0.250. The van der Waals surface area contributed by atoms with E-state index in [2.05, 4.69) is 16.8 Å². The van der Waals surface area contributed by atoms with E-state index in [1.165, 1.54) is 25.1 Å². The van der Waals surface area contributed by atoms with Gasteiger partial charge in [0, 0.05) is 36.5 Å². The molecular weight excluding hydrogens is 412 g/mol. The lowest BCUT2D eigenvalue weighted by molar-refractivity contribution is -0.384. The molecule has 160 valence electrons. The normalized spacial score (nSPS) is 10.3. The van der Waals surface area contributed by atoms with Crippen molar-refractivity contribution in [1.82, 2.24) is 0 Å². The molecule has 0 aliphatic carbocycles. The Morgan fingerprint density at radius 3 is 2.27 bits per heavy atom. The highest BCUT2D eigenvalue weighted by atomic mass is 35.5. The molecule has 0 heterocycles. The van der Waals surface area contributed by atoms with Gasteiger partial charge in [0.2, 0.25) is 0 Å². The zero-order valence-corrected chi connectivity index (χ0v) is 17.4. The quantitative estimate of drug-likeness (QED) is 0.256. The molecule has 2 aromatic carbocycles. The number of halogens is 1. The third-order valence-electron chi connectivity index (χ3n) is 3.75. The molecule has 9 nitrogen and oxygen atoms in total. The SMILES string of the molecule is C=C(C)C(=O)O.CCN(CCO)c1ccc(/N=N/c2ccc([N+](=O)[O-])cc2Cl)cc1. The molecule has 0 spiro atoms. The Labute approximate surface area is 179 Å². The number of rotatable bonds is 8. The maximum Gasteiger partial charge on any atom is 0.330 e. The summed E-state index contributed by atoms with van der Waals surface area (Å²) in [5.41, 5.74) is 2.07. The van der Waals surface area contributed by atoms with Crippen LogP contribution in [0.5, 0.6) is 0 Å². The standard InChI is InChI=1S/C16H17ClN4O3.C4H6O2/c1-2-20(9-10-22)13-5-3-12(4-6-13)18-19-16-8-7-14(21(23)24)11-15(16)17;1-3(2)4(5)6/h3-8,11,22H,2,9-10H2,1H3;1H2,2H3,(H,5,6)/b19-18+;. The van der Waals surface area contributed by atoms with Gasteiger partial charge in [0.05, 0.1) is 22.2 Å². The van der Waals surface area contributed by atoms with Crippen molar-refractivity contribution in [3.8, 4) is 0 Å². The Balaban J connectivity index is 0.000000656. The van der Waals surface area contributed by atoms with E-state index in [1.54, 1.807) is 12.1 Å². The number of carbonyl (C=O) groups is 1. The molecule has 0 amide bonds. The average Bonchev–Trinajstić information content (AvgIpc) is 2.72. The number of aliphatic carboxylic acids is 1. The second-order valence-corrected chi connectivity index (χ2v) is 6.41. The van der Waals surface area contributed by atoms with Crippen LogP contribution in [0.3, 0.4) is 0 Å². The van der Waals surface area contributed by atoms with Gasteiger partial charge >= 0.3 is 5.97 Å². The second kappa shape index (κ2) is 12.3. The summed E-state index contributed by atoms with van der Waals surface area (Å²) in [7, 11) is 0. The second-order valence-electron chi connectivity index (χ2n) is 6.00. The Hall–Kier alpha value is -3.30. The number of hydrogen-bond acceptors (Lipinski definition) is 7. The number of nitro groups is 1. The van der Waals surface area contributed by atoms with Crippen LogP contribution >= 0.6 is 11.6 Å². The molecule has 2 aromatic rings. The van der Waals surface area contributed by atoms with Gasteiger partial charge in [-0.2, -0.15) is 5.11 Å². The lowest BCUT2D eigenvalue weighted by Gasteiger charge is -2.21. The number of anilines is 1. The van der Waals surface area contributed by atoms with Crippen molar-refractivity contribution in [2.45, 2.75) is 13.8 Å². The predicted molar refractivity (Wildman–Crippen MR) is 116 cm³/mol. The van der Waals surface area contributed by atoms with Crippen molar-refractivity contribution in [2.75, 3.05) is 24.6 Å². The topological polar surface area (TPSA) is 129 Å². The highest BCUT2D eigenvalue weighted by Gasteiger charge is 2.09. The van der Waals surface area contributed by atoms with Crippen LogP contribution in [-0.2, 0) is 4.79 Å².